The molecule has 2 N–H and O–H groups in total. The largest absolute Gasteiger partial charge is 0.354 e. The average molecular weight is 256 g/mol. The summed E-state index contributed by atoms with van der Waals surface area (Å²) in [6, 6.07) is 10.1. The molecule has 0 aliphatic rings. The molecule has 0 fully saturated rings. The summed E-state index contributed by atoms with van der Waals surface area (Å²) in [4.78, 5) is 11.2. The number of hydrogen-bond acceptors (Lipinski definition) is 4. The van der Waals surface area contributed by atoms with Crippen molar-refractivity contribution < 1.29 is 0 Å². The van der Waals surface area contributed by atoms with E-state index in [2.05, 4.69) is 14.9 Å². The molecule has 0 aromatic carbocycles. The molecule has 0 bridgehead atoms. The van der Waals surface area contributed by atoms with Crippen LogP contribution in [-0.2, 0) is 13.1 Å². The molecule has 2 aromatic rings. The number of rotatable bonds is 4. The second kappa shape index (κ2) is 5.80. The van der Waals surface area contributed by atoms with Gasteiger partial charge in [-0.25, -0.2) is 4.98 Å². The zero-order valence-electron chi connectivity index (χ0n) is 11.7. The maximum absolute atomic E-state index is 5.65. The van der Waals surface area contributed by atoms with Crippen LogP contribution in [0.15, 0.2) is 30.3 Å². The molecule has 4 nitrogen and oxygen atoms in total. The summed E-state index contributed by atoms with van der Waals surface area (Å²) < 4.78 is 0. The molecular weight excluding hydrogens is 236 g/mol. The molecule has 2 aromatic heterocycles. The Morgan fingerprint density at radius 3 is 2.53 bits per heavy atom. The zero-order valence-corrected chi connectivity index (χ0v) is 11.7. The lowest BCUT2D eigenvalue weighted by Gasteiger charge is -2.19. The summed E-state index contributed by atoms with van der Waals surface area (Å²) >= 11 is 0. The third-order valence-electron chi connectivity index (χ3n) is 3.14. The van der Waals surface area contributed by atoms with Gasteiger partial charge in [0.05, 0.1) is 12.2 Å². The van der Waals surface area contributed by atoms with Crippen LogP contribution >= 0.6 is 0 Å². The molecule has 100 valence electrons. The summed E-state index contributed by atoms with van der Waals surface area (Å²) in [6.07, 6.45) is 0. The lowest BCUT2D eigenvalue weighted by atomic mass is 10.2. The van der Waals surface area contributed by atoms with Crippen molar-refractivity contribution in [3.63, 3.8) is 0 Å². The molecule has 19 heavy (non-hydrogen) atoms. The van der Waals surface area contributed by atoms with Gasteiger partial charge < -0.3 is 10.6 Å². The third-order valence-corrected chi connectivity index (χ3v) is 3.14. The van der Waals surface area contributed by atoms with Gasteiger partial charge >= 0.3 is 0 Å². The zero-order chi connectivity index (χ0) is 13.8. The summed E-state index contributed by atoms with van der Waals surface area (Å²) in [5.74, 6) is 0.943. The van der Waals surface area contributed by atoms with Crippen LogP contribution in [0.3, 0.4) is 0 Å². The van der Waals surface area contributed by atoms with Gasteiger partial charge in [-0.15, -0.1) is 0 Å². The Balaban J connectivity index is 2.15. The standard InChI is InChI=1S/C15H20N4/c1-11-5-4-6-14(17-11)10-19(3)15-8-7-13(9-16)12(2)18-15/h4-8H,9-10,16H2,1-3H3. The fraction of sp³-hybridized carbons (Fsp3) is 0.333. The maximum Gasteiger partial charge on any atom is 0.128 e. The van der Waals surface area contributed by atoms with Crippen LogP contribution < -0.4 is 10.6 Å². The van der Waals surface area contributed by atoms with Crippen LogP contribution in [0.4, 0.5) is 5.82 Å². The highest BCUT2D eigenvalue weighted by atomic mass is 15.2. The number of nitrogens with two attached hydrogens (primary N) is 1. The first-order chi connectivity index (χ1) is 9.10. The van der Waals surface area contributed by atoms with Gasteiger partial charge in [-0.05, 0) is 37.6 Å². The average Bonchev–Trinajstić information content (AvgIpc) is 2.38. The minimum Gasteiger partial charge on any atom is -0.354 e. The van der Waals surface area contributed by atoms with Crippen molar-refractivity contribution in [2.24, 2.45) is 5.73 Å². The highest BCUT2D eigenvalue weighted by molar-refractivity contribution is 5.41. The quantitative estimate of drug-likeness (QED) is 0.911. The fourth-order valence-corrected chi connectivity index (χ4v) is 2.02. The smallest absolute Gasteiger partial charge is 0.128 e. The van der Waals surface area contributed by atoms with Crippen LogP contribution in [0, 0.1) is 13.8 Å². The Morgan fingerprint density at radius 1 is 1.11 bits per heavy atom. The van der Waals surface area contributed by atoms with Gasteiger partial charge in [-0.1, -0.05) is 12.1 Å². The van der Waals surface area contributed by atoms with E-state index in [1.807, 2.05) is 51.2 Å². The molecule has 0 aliphatic carbocycles. The molecule has 0 unspecified atom stereocenters. The van der Waals surface area contributed by atoms with Crippen molar-refractivity contribution in [1.29, 1.82) is 0 Å². The first kappa shape index (κ1) is 13.5. The Morgan fingerprint density at radius 2 is 1.89 bits per heavy atom. The number of aromatic nitrogens is 2. The van der Waals surface area contributed by atoms with E-state index in [0.717, 1.165) is 35.0 Å². The van der Waals surface area contributed by atoms with Gasteiger partial charge in [-0.2, -0.15) is 0 Å². The van der Waals surface area contributed by atoms with Crippen molar-refractivity contribution in [2.75, 3.05) is 11.9 Å². The molecule has 4 heteroatoms. The summed E-state index contributed by atoms with van der Waals surface area (Å²) in [7, 11) is 2.02. The lowest BCUT2D eigenvalue weighted by Crippen LogP contribution is -2.19. The van der Waals surface area contributed by atoms with E-state index < -0.39 is 0 Å². The molecule has 2 rings (SSSR count). The first-order valence-corrected chi connectivity index (χ1v) is 6.40. The van der Waals surface area contributed by atoms with Gasteiger partial charge in [0.1, 0.15) is 5.82 Å². The molecule has 0 amide bonds. The van der Waals surface area contributed by atoms with E-state index in [0.29, 0.717) is 6.54 Å². The molecule has 2 heterocycles. The predicted octanol–water partition coefficient (Wildman–Crippen LogP) is 2.19. The van der Waals surface area contributed by atoms with E-state index in [9.17, 15) is 0 Å². The van der Waals surface area contributed by atoms with Crippen molar-refractivity contribution in [1.82, 2.24) is 9.97 Å². The Bertz CT molecular complexity index is 566. The normalized spacial score (nSPS) is 10.5. The second-order valence-electron chi connectivity index (χ2n) is 4.74. The predicted molar refractivity (Wildman–Crippen MR) is 77.9 cm³/mol. The SMILES string of the molecule is Cc1cccc(CN(C)c2ccc(CN)c(C)n2)n1. The Labute approximate surface area is 114 Å². The highest BCUT2D eigenvalue weighted by Crippen LogP contribution is 2.15. The van der Waals surface area contributed by atoms with Gasteiger partial charge in [0.15, 0.2) is 0 Å². The molecule has 0 radical (unpaired) electrons. The van der Waals surface area contributed by atoms with E-state index in [1.54, 1.807) is 0 Å². The van der Waals surface area contributed by atoms with E-state index in [-0.39, 0.29) is 0 Å². The Kier molecular flexibility index (Phi) is 4.12. The molecule has 0 spiro atoms. The lowest BCUT2D eigenvalue weighted by molar-refractivity contribution is 0.851. The number of hydrogen-bond donors (Lipinski definition) is 1. The van der Waals surface area contributed by atoms with Crippen molar-refractivity contribution >= 4 is 5.82 Å². The third kappa shape index (κ3) is 3.29. The molecular formula is C15H20N4. The van der Waals surface area contributed by atoms with Crippen molar-refractivity contribution in [3.8, 4) is 0 Å². The van der Waals surface area contributed by atoms with Gasteiger partial charge in [-0.3, -0.25) is 4.98 Å². The van der Waals surface area contributed by atoms with Crippen LogP contribution in [0.1, 0.15) is 22.6 Å². The molecule has 0 saturated heterocycles. The maximum atomic E-state index is 5.65. The van der Waals surface area contributed by atoms with Crippen molar-refractivity contribution in [2.45, 2.75) is 26.9 Å². The Hall–Kier alpha value is -1.94. The minimum atomic E-state index is 0.530. The van der Waals surface area contributed by atoms with Gasteiger partial charge in [0.2, 0.25) is 0 Å². The summed E-state index contributed by atoms with van der Waals surface area (Å²) in [5, 5.41) is 0. The molecule has 0 aliphatic heterocycles. The van der Waals surface area contributed by atoms with Crippen LogP contribution in [0.25, 0.3) is 0 Å². The van der Waals surface area contributed by atoms with E-state index >= 15 is 0 Å². The summed E-state index contributed by atoms with van der Waals surface area (Å²) in [5.41, 5.74) is 9.81. The number of pyridine rings is 2. The van der Waals surface area contributed by atoms with Crippen LogP contribution in [0.2, 0.25) is 0 Å². The molecule has 0 atom stereocenters. The minimum absolute atomic E-state index is 0.530. The number of aryl methyl sites for hydroxylation is 2. The topological polar surface area (TPSA) is 55.0 Å². The first-order valence-electron chi connectivity index (χ1n) is 6.40. The van der Waals surface area contributed by atoms with Crippen LogP contribution in [0.5, 0.6) is 0 Å². The van der Waals surface area contributed by atoms with E-state index in [1.165, 1.54) is 0 Å². The van der Waals surface area contributed by atoms with Crippen molar-refractivity contribution in [3.05, 3.63) is 53.0 Å². The highest BCUT2D eigenvalue weighted by Gasteiger charge is 2.06. The molecule has 0 saturated carbocycles. The summed E-state index contributed by atoms with van der Waals surface area (Å²) in [6.45, 7) is 5.27. The fourth-order valence-electron chi connectivity index (χ4n) is 2.02. The monoisotopic (exact) mass is 256 g/mol. The number of anilines is 1. The van der Waals surface area contributed by atoms with Crippen LogP contribution in [-0.4, -0.2) is 17.0 Å². The van der Waals surface area contributed by atoms with Gasteiger partial charge in [0.25, 0.3) is 0 Å². The van der Waals surface area contributed by atoms with Gasteiger partial charge in [0, 0.05) is 25.0 Å². The number of nitrogens with zero attached hydrogens (tertiary/aromatic N) is 3. The second-order valence-corrected chi connectivity index (χ2v) is 4.74. The van der Waals surface area contributed by atoms with E-state index in [4.69, 9.17) is 5.73 Å².